The fourth-order valence-electron chi connectivity index (χ4n) is 5.97. The van der Waals surface area contributed by atoms with E-state index in [9.17, 15) is 15.0 Å². The number of hydrogen-bond donors (Lipinski definition) is 2. The van der Waals surface area contributed by atoms with Gasteiger partial charge in [-0.05, 0) is 85.0 Å². The first-order valence-corrected chi connectivity index (χ1v) is 8.55. The minimum Gasteiger partial charge on any atom is -0.508 e. The van der Waals surface area contributed by atoms with Crippen LogP contribution in [-0.2, 0) is 11.2 Å². The van der Waals surface area contributed by atoms with Crippen molar-refractivity contribution in [3.8, 4) is 5.75 Å². The third kappa shape index (κ3) is 1.84. The molecule has 5 atom stereocenters. The van der Waals surface area contributed by atoms with Gasteiger partial charge in [-0.15, -0.1) is 0 Å². The third-order valence-electron chi connectivity index (χ3n) is 7.01. The Balaban J connectivity index is 1.69. The van der Waals surface area contributed by atoms with E-state index >= 15 is 0 Å². The van der Waals surface area contributed by atoms with Crippen LogP contribution in [0.4, 0.5) is 0 Å². The number of rotatable bonds is 1. The molecular weight excluding hydrogens is 276 g/mol. The zero-order chi connectivity index (χ0) is 15.5. The molecule has 22 heavy (non-hydrogen) atoms. The monoisotopic (exact) mass is 300 g/mol. The summed E-state index contributed by atoms with van der Waals surface area (Å²) in [7, 11) is 0. The van der Waals surface area contributed by atoms with Crippen LogP contribution in [0.15, 0.2) is 18.2 Å². The number of benzene rings is 1. The van der Waals surface area contributed by atoms with E-state index in [4.69, 9.17) is 0 Å². The summed E-state index contributed by atoms with van der Waals surface area (Å²) in [6.07, 6.45) is 6.21. The molecule has 3 aliphatic carbocycles. The van der Waals surface area contributed by atoms with Crippen LogP contribution in [0.2, 0.25) is 0 Å². The fraction of sp³-hybridized carbons (Fsp3) is 0.632. The molecule has 118 valence electrons. The van der Waals surface area contributed by atoms with Crippen LogP contribution in [0.25, 0.3) is 0 Å². The first kappa shape index (κ1) is 14.1. The number of phenolic OH excluding ortho intramolecular Hbond substituents is 1. The van der Waals surface area contributed by atoms with Gasteiger partial charge >= 0.3 is 5.97 Å². The molecule has 0 saturated heterocycles. The molecule has 3 heteroatoms. The van der Waals surface area contributed by atoms with Gasteiger partial charge < -0.3 is 10.2 Å². The van der Waals surface area contributed by atoms with Crippen molar-refractivity contribution < 1.29 is 15.0 Å². The van der Waals surface area contributed by atoms with E-state index in [2.05, 4.69) is 13.0 Å². The van der Waals surface area contributed by atoms with Gasteiger partial charge in [0.2, 0.25) is 0 Å². The Bertz CT molecular complexity index is 623. The van der Waals surface area contributed by atoms with Gasteiger partial charge in [0.1, 0.15) is 5.75 Å². The van der Waals surface area contributed by atoms with E-state index in [1.165, 1.54) is 11.1 Å². The van der Waals surface area contributed by atoms with Gasteiger partial charge in [-0.3, -0.25) is 4.79 Å². The van der Waals surface area contributed by atoms with Gasteiger partial charge in [0.15, 0.2) is 0 Å². The molecule has 0 spiro atoms. The minimum absolute atomic E-state index is 0.0125. The maximum atomic E-state index is 11.6. The molecule has 3 aliphatic rings. The van der Waals surface area contributed by atoms with Gasteiger partial charge in [-0.2, -0.15) is 0 Å². The molecule has 0 aromatic heterocycles. The summed E-state index contributed by atoms with van der Waals surface area (Å²) in [6, 6.07) is 5.84. The number of aryl methyl sites for hydroxylation is 1. The van der Waals surface area contributed by atoms with E-state index in [0.29, 0.717) is 23.5 Å². The Morgan fingerprint density at radius 2 is 2.05 bits per heavy atom. The predicted octanol–water partition coefficient (Wildman–Crippen LogP) is 3.95. The van der Waals surface area contributed by atoms with Crippen molar-refractivity contribution in [3.05, 3.63) is 29.3 Å². The number of carboxylic acid groups (broad SMARTS) is 1. The zero-order valence-corrected chi connectivity index (χ0v) is 13.1. The largest absolute Gasteiger partial charge is 0.508 e. The van der Waals surface area contributed by atoms with Gasteiger partial charge in [0.25, 0.3) is 0 Å². The lowest BCUT2D eigenvalue weighted by molar-refractivity contribution is -0.147. The van der Waals surface area contributed by atoms with Gasteiger partial charge in [0.05, 0.1) is 5.92 Å². The lowest BCUT2D eigenvalue weighted by Gasteiger charge is -2.50. The van der Waals surface area contributed by atoms with E-state index in [0.717, 1.165) is 38.5 Å². The maximum Gasteiger partial charge on any atom is 0.307 e. The number of hydrogen-bond acceptors (Lipinski definition) is 2. The van der Waals surface area contributed by atoms with E-state index in [1.54, 1.807) is 0 Å². The second-order valence-electron chi connectivity index (χ2n) is 7.81. The van der Waals surface area contributed by atoms with Crippen molar-refractivity contribution in [2.24, 2.45) is 23.2 Å². The molecule has 0 heterocycles. The Kier molecular flexibility index (Phi) is 3.04. The number of aromatic hydroxyl groups is 1. The van der Waals surface area contributed by atoms with Crippen LogP contribution >= 0.6 is 0 Å². The molecular formula is C19H24O3. The van der Waals surface area contributed by atoms with Crippen LogP contribution in [0.3, 0.4) is 0 Å². The molecule has 2 fully saturated rings. The SMILES string of the molecule is C[C@]12CC[C@@H]3c4ccc(O)cc4CC[C@H]3[C@@H]1CCC2C(=O)O. The van der Waals surface area contributed by atoms with Crippen LogP contribution in [-0.4, -0.2) is 16.2 Å². The summed E-state index contributed by atoms with van der Waals surface area (Å²) in [5.74, 6) is 1.36. The smallest absolute Gasteiger partial charge is 0.307 e. The Labute approximate surface area is 131 Å². The van der Waals surface area contributed by atoms with E-state index < -0.39 is 5.97 Å². The number of carbonyl (C=O) groups is 1. The molecule has 2 saturated carbocycles. The number of fused-ring (bicyclic) bond motifs is 5. The van der Waals surface area contributed by atoms with Gasteiger partial charge in [0, 0.05) is 0 Å². The summed E-state index contributed by atoms with van der Waals surface area (Å²) in [5, 5.41) is 19.3. The highest BCUT2D eigenvalue weighted by molar-refractivity contribution is 5.71. The molecule has 4 rings (SSSR count). The highest BCUT2D eigenvalue weighted by Crippen LogP contribution is 2.63. The van der Waals surface area contributed by atoms with Crippen molar-refractivity contribution in [2.45, 2.75) is 51.4 Å². The molecule has 0 radical (unpaired) electrons. The highest BCUT2D eigenvalue weighted by Gasteiger charge is 2.56. The second-order valence-corrected chi connectivity index (χ2v) is 7.81. The Morgan fingerprint density at radius 3 is 2.82 bits per heavy atom. The van der Waals surface area contributed by atoms with Gasteiger partial charge in [-0.1, -0.05) is 13.0 Å². The second kappa shape index (κ2) is 4.74. The maximum absolute atomic E-state index is 11.6. The Hall–Kier alpha value is -1.51. The molecule has 0 amide bonds. The summed E-state index contributed by atoms with van der Waals surface area (Å²) in [4.78, 5) is 11.6. The molecule has 1 aromatic carbocycles. The number of aliphatic carboxylic acids is 1. The molecule has 1 aromatic rings. The molecule has 1 unspecified atom stereocenters. The normalized spacial score (nSPS) is 39.7. The van der Waals surface area contributed by atoms with Crippen LogP contribution < -0.4 is 0 Å². The van der Waals surface area contributed by atoms with Crippen molar-refractivity contribution in [1.82, 2.24) is 0 Å². The zero-order valence-electron chi connectivity index (χ0n) is 13.1. The first-order chi connectivity index (χ1) is 10.5. The molecule has 0 aliphatic heterocycles. The molecule has 0 bridgehead atoms. The van der Waals surface area contributed by atoms with E-state index in [-0.39, 0.29) is 11.3 Å². The van der Waals surface area contributed by atoms with Crippen molar-refractivity contribution in [2.75, 3.05) is 0 Å². The third-order valence-corrected chi connectivity index (χ3v) is 7.01. The van der Waals surface area contributed by atoms with Crippen LogP contribution in [0.1, 0.15) is 56.1 Å². The summed E-state index contributed by atoms with van der Waals surface area (Å²) < 4.78 is 0. The summed E-state index contributed by atoms with van der Waals surface area (Å²) in [6.45, 7) is 2.23. The average Bonchev–Trinajstić information content (AvgIpc) is 2.84. The van der Waals surface area contributed by atoms with Crippen molar-refractivity contribution >= 4 is 5.97 Å². The van der Waals surface area contributed by atoms with Crippen molar-refractivity contribution in [3.63, 3.8) is 0 Å². The fourth-order valence-corrected chi connectivity index (χ4v) is 5.97. The number of phenols is 1. The predicted molar refractivity (Wildman–Crippen MR) is 83.8 cm³/mol. The van der Waals surface area contributed by atoms with Gasteiger partial charge in [-0.25, -0.2) is 0 Å². The highest BCUT2D eigenvalue weighted by atomic mass is 16.4. The quantitative estimate of drug-likeness (QED) is 0.825. The summed E-state index contributed by atoms with van der Waals surface area (Å²) >= 11 is 0. The lowest BCUT2D eigenvalue weighted by atomic mass is 9.54. The van der Waals surface area contributed by atoms with Crippen LogP contribution in [0, 0.1) is 23.2 Å². The minimum atomic E-state index is -0.593. The topological polar surface area (TPSA) is 57.5 Å². The molecule has 2 N–H and O–H groups in total. The lowest BCUT2D eigenvalue weighted by Crippen LogP contribution is -2.43. The van der Waals surface area contributed by atoms with Crippen molar-refractivity contribution in [1.29, 1.82) is 0 Å². The number of carboxylic acids is 1. The molecule has 3 nitrogen and oxygen atoms in total. The Morgan fingerprint density at radius 1 is 1.23 bits per heavy atom. The van der Waals surface area contributed by atoms with Crippen LogP contribution in [0.5, 0.6) is 5.75 Å². The average molecular weight is 300 g/mol. The standard InChI is InChI=1S/C19H24O3/c1-19-9-8-14-13-5-3-12(20)10-11(13)2-4-15(14)16(19)6-7-17(19)18(21)22/h3,5,10,14-17,20H,2,4,6-9H2,1H3,(H,21,22)/t14-,15-,16+,17?,19+/m1/s1. The first-order valence-electron chi connectivity index (χ1n) is 8.55. The summed E-state index contributed by atoms with van der Waals surface area (Å²) in [5.41, 5.74) is 2.70. The van der Waals surface area contributed by atoms with E-state index in [1.807, 2.05) is 12.1 Å².